The summed E-state index contributed by atoms with van der Waals surface area (Å²) in [5.74, 6) is 1.78. The van der Waals surface area contributed by atoms with Crippen LogP contribution < -0.4 is 5.32 Å². The van der Waals surface area contributed by atoms with Gasteiger partial charge in [0.1, 0.15) is 11.5 Å². The van der Waals surface area contributed by atoms with Gasteiger partial charge in [-0.1, -0.05) is 6.07 Å². The highest BCUT2D eigenvalue weighted by Crippen LogP contribution is 2.25. The second-order valence-electron chi connectivity index (χ2n) is 7.16. The maximum Gasteiger partial charge on any atom is 0.251 e. The molecule has 1 aromatic carbocycles. The van der Waals surface area contributed by atoms with Gasteiger partial charge in [-0.2, -0.15) is 0 Å². The standard InChI is InChI=1S/C21H26N2O3/c1-15-5-8-20(26-15)19(23-9-11-25-12-10-23)14-22-21(24)18-7-6-16-3-2-4-17(16)13-18/h5-8,13,19H,2-4,9-12,14H2,1H3,(H,22,24). The van der Waals surface area contributed by atoms with Crippen molar-refractivity contribution in [1.29, 1.82) is 0 Å². The second kappa shape index (κ2) is 7.64. The summed E-state index contributed by atoms with van der Waals surface area (Å²) < 4.78 is 11.3. The number of nitrogens with one attached hydrogen (secondary N) is 1. The molecule has 0 radical (unpaired) electrons. The van der Waals surface area contributed by atoms with Crippen LogP contribution in [0.2, 0.25) is 0 Å². The van der Waals surface area contributed by atoms with E-state index in [0.29, 0.717) is 6.54 Å². The van der Waals surface area contributed by atoms with Crippen molar-refractivity contribution in [3.8, 4) is 0 Å². The van der Waals surface area contributed by atoms with Crippen LogP contribution in [0.15, 0.2) is 34.7 Å². The Labute approximate surface area is 154 Å². The first kappa shape index (κ1) is 17.3. The number of hydrogen-bond acceptors (Lipinski definition) is 4. The average Bonchev–Trinajstić information content (AvgIpc) is 3.31. The highest BCUT2D eigenvalue weighted by atomic mass is 16.5. The summed E-state index contributed by atoms with van der Waals surface area (Å²) in [6.45, 7) is 5.61. The molecule has 0 spiro atoms. The molecule has 138 valence electrons. The van der Waals surface area contributed by atoms with Gasteiger partial charge in [0.05, 0.1) is 19.3 Å². The maximum absolute atomic E-state index is 12.7. The number of fused-ring (bicyclic) bond motifs is 1. The maximum atomic E-state index is 12.7. The molecule has 1 fully saturated rings. The van der Waals surface area contributed by atoms with Crippen molar-refractivity contribution in [1.82, 2.24) is 10.2 Å². The fourth-order valence-electron chi connectivity index (χ4n) is 3.94. The van der Waals surface area contributed by atoms with E-state index in [-0.39, 0.29) is 11.9 Å². The Morgan fingerprint density at radius 3 is 2.73 bits per heavy atom. The molecule has 2 aliphatic rings. The Bertz CT molecular complexity index is 777. The monoisotopic (exact) mass is 354 g/mol. The molecule has 26 heavy (non-hydrogen) atoms. The smallest absolute Gasteiger partial charge is 0.251 e. The Kier molecular flexibility index (Phi) is 5.09. The van der Waals surface area contributed by atoms with Gasteiger partial charge >= 0.3 is 0 Å². The number of ether oxygens (including phenoxy) is 1. The summed E-state index contributed by atoms with van der Waals surface area (Å²) in [5, 5.41) is 3.11. The molecule has 1 aromatic heterocycles. The van der Waals surface area contributed by atoms with Crippen LogP contribution in [0, 0.1) is 6.92 Å². The number of morpholine rings is 1. The van der Waals surface area contributed by atoms with E-state index in [0.717, 1.165) is 56.2 Å². The van der Waals surface area contributed by atoms with Crippen LogP contribution >= 0.6 is 0 Å². The van der Waals surface area contributed by atoms with E-state index in [1.54, 1.807) is 0 Å². The Hall–Kier alpha value is -2.11. The minimum absolute atomic E-state index is 0.0127. The largest absolute Gasteiger partial charge is 0.465 e. The van der Waals surface area contributed by atoms with Gasteiger partial charge in [0.2, 0.25) is 0 Å². The lowest BCUT2D eigenvalue weighted by Crippen LogP contribution is -2.43. The van der Waals surface area contributed by atoms with Gasteiger partial charge in [0.15, 0.2) is 0 Å². The highest BCUT2D eigenvalue weighted by Gasteiger charge is 2.26. The Morgan fingerprint density at radius 1 is 1.15 bits per heavy atom. The third kappa shape index (κ3) is 3.69. The van der Waals surface area contributed by atoms with E-state index in [4.69, 9.17) is 9.15 Å². The molecule has 5 heteroatoms. The molecule has 1 atom stereocenters. The highest BCUT2D eigenvalue weighted by molar-refractivity contribution is 5.94. The first-order valence-corrected chi connectivity index (χ1v) is 9.49. The quantitative estimate of drug-likeness (QED) is 0.897. The molecule has 1 unspecified atom stereocenters. The van der Waals surface area contributed by atoms with Crippen LogP contribution in [0.1, 0.15) is 45.5 Å². The van der Waals surface area contributed by atoms with Crippen LogP contribution in [0.25, 0.3) is 0 Å². The van der Waals surface area contributed by atoms with E-state index in [1.807, 2.05) is 25.1 Å². The van der Waals surface area contributed by atoms with Gasteiger partial charge in [0.25, 0.3) is 5.91 Å². The summed E-state index contributed by atoms with van der Waals surface area (Å²) in [6.07, 6.45) is 3.41. The van der Waals surface area contributed by atoms with Crippen LogP contribution in [-0.4, -0.2) is 43.7 Å². The van der Waals surface area contributed by atoms with Crippen molar-refractivity contribution >= 4 is 5.91 Å². The van der Waals surface area contributed by atoms with Gasteiger partial charge in [-0.05, 0) is 61.6 Å². The van der Waals surface area contributed by atoms with Crippen molar-refractivity contribution in [3.63, 3.8) is 0 Å². The van der Waals surface area contributed by atoms with Gasteiger partial charge in [-0.25, -0.2) is 0 Å². The number of nitrogens with zero attached hydrogens (tertiary/aromatic N) is 1. The van der Waals surface area contributed by atoms with Crippen LogP contribution in [0.5, 0.6) is 0 Å². The van der Waals surface area contributed by atoms with Crippen LogP contribution in [0.3, 0.4) is 0 Å². The van der Waals surface area contributed by atoms with Gasteiger partial charge in [-0.3, -0.25) is 9.69 Å². The molecular formula is C21H26N2O3. The molecule has 5 nitrogen and oxygen atoms in total. The number of amides is 1. The van der Waals surface area contributed by atoms with Crippen molar-refractivity contribution in [2.45, 2.75) is 32.2 Å². The molecule has 0 saturated carbocycles. The first-order chi connectivity index (χ1) is 12.7. The zero-order valence-corrected chi connectivity index (χ0v) is 15.3. The molecular weight excluding hydrogens is 328 g/mol. The molecule has 4 rings (SSSR count). The minimum atomic E-state index is -0.0127. The lowest BCUT2D eigenvalue weighted by Gasteiger charge is -2.33. The molecule has 1 amide bonds. The van der Waals surface area contributed by atoms with E-state index < -0.39 is 0 Å². The first-order valence-electron chi connectivity index (χ1n) is 9.49. The van der Waals surface area contributed by atoms with Crippen LogP contribution in [-0.2, 0) is 17.6 Å². The predicted octanol–water partition coefficient (Wildman–Crippen LogP) is 2.88. The topological polar surface area (TPSA) is 54.7 Å². The van der Waals surface area contributed by atoms with Crippen molar-refractivity contribution in [3.05, 3.63) is 58.5 Å². The lowest BCUT2D eigenvalue weighted by atomic mass is 10.1. The SMILES string of the molecule is Cc1ccc(C(CNC(=O)c2ccc3c(c2)CCC3)N2CCOCC2)o1. The average molecular weight is 354 g/mol. The Balaban J connectivity index is 1.46. The summed E-state index contributed by atoms with van der Waals surface area (Å²) >= 11 is 0. The van der Waals surface area contributed by atoms with E-state index in [1.165, 1.54) is 17.5 Å². The normalized spacial score (nSPS) is 18.5. The number of hydrogen-bond donors (Lipinski definition) is 1. The summed E-state index contributed by atoms with van der Waals surface area (Å²) in [7, 11) is 0. The molecule has 1 aliphatic heterocycles. The van der Waals surface area contributed by atoms with Gasteiger partial charge in [-0.15, -0.1) is 0 Å². The zero-order chi connectivity index (χ0) is 17.9. The summed E-state index contributed by atoms with van der Waals surface area (Å²) in [5.41, 5.74) is 3.46. The third-order valence-corrected chi connectivity index (χ3v) is 5.39. The van der Waals surface area contributed by atoms with Crippen molar-refractivity contribution < 1.29 is 13.9 Å². The number of furan rings is 1. The van der Waals surface area contributed by atoms with E-state index >= 15 is 0 Å². The number of aryl methyl sites for hydroxylation is 3. The third-order valence-electron chi connectivity index (χ3n) is 5.39. The van der Waals surface area contributed by atoms with Crippen molar-refractivity contribution in [2.75, 3.05) is 32.8 Å². The number of rotatable bonds is 5. The number of carbonyl (C=O) groups excluding carboxylic acids is 1. The predicted molar refractivity (Wildman–Crippen MR) is 99.4 cm³/mol. The Morgan fingerprint density at radius 2 is 1.96 bits per heavy atom. The molecule has 1 N–H and O–H groups in total. The fraction of sp³-hybridized carbons (Fsp3) is 0.476. The fourth-order valence-corrected chi connectivity index (χ4v) is 3.94. The number of carbonyl (C=O) groups is 1. The van der Waals surface area contributed by atoms with Crippen molar-refractivity contribution in [2.24, 2.45) is 0 Å². The van der Waals surface area contributed by atoms with Crippen LogP contribution in [0.4, 0.5) is 0 Å². The minimum Gasteiger partial charge on any atom is -0.465 e. The lowest BCUT2D eigenvalue weighted by molar-refractivity contribution is 0.0117. The van der Waals surface area contributed by atoms with E-state index in [9.17, 15) is 4.79 Å². The zero-order valence-electron chi connectivity index (χ0n) is 15.3. The summed E-state index contributed by atoms with van der Waals surface area (Å²) in [4.78, 5) is 15.0. The molecule has 1 saturated heterocycles. The van der Waals surface area contributed by atoms with Gasteiger partial charge in [0, 0.05) is 25.2 Å². The van der Waals surface area contributed by atoms with E-state index in [2.05, 4.69) is 22.3 Å². The second-order valence-corrected chi connectivity index (χ2v) is 7.16. The van der Waals surface area contributed by atoms with Gasteiger partial charge < -0.3 is 14.5 Å². The molecule has 1 aliphatic carbocycles. The molecule has 2 heterocycles. The molecule has 0 bridgehead atoms. The number of benzene rings is 1. The summed E-state index contributed by atoms with van der Waals surface area (Å²) in [6, 6.07) is 10.1. The molecule has 2 aromatic rings.